The van der Waals surface area contributed by atoms with E-state index in [1.807, 2.05) is 30.7 Å². The highest BCUT2D eigenvalue weighted by Gasteiger charge is 2.42. The Bertz CT molecular complexity index is 1080. The Kier molecular flexibility index (Phi) is 5.93. The molecule has 0 radical (unpaired) electrons. The standard InChI is InChI=1S/C25H29N5OS/c1-17-14-21(18(2)29(17)15-19-8-11-26-12-9-19)24-23(22-7-3-4-10-27-22)28-25(32)30(24)16-20-6-5-13-31-20/h3-4,7-12,14,20,23-24H,5-6,13,15-16H2,1-2H3,(H,28,32)/t20-,23+,24+/m0/s1. The first-order valence-corrected chi connectivity index (χ1v) is 11.7. The molecule has 0 amide bonds. The molecule has 5 heterocycles. The van der Waals surface area contributed by atoms with Gasteiger partial charge in [-0.1, -0.05) is 6.07 Å². The Morgan fingerprint density at radius 2 is 2.00 bits per heavy atom. The molecule has 2 fully saturated rings. The summed E-state index contributed by atoms with van der Waals surface area (Å²) in [5.41, 5.74) is 6.04. The number of thiocarbonyl (C=S) groups is 1. The van der Waals surface area contributed by atoms with Crippen LogP contribution < -0.4 is 5.32 Å². The van der Waals surface area contributed by atoms with E-state index in [-0.39, 0.29) is 18.2 Å². The van der Waals surface area contributed by atoms with E-state index in [1.165, 1.54) is 22.5 Å². The number of pyridine rings is 2. The van der Waals surface area contributed by atoms with E-state index in [0.717, 1.165) is 43.3 Å². The van der Waals surface area contributed by atoms with Crippen molar-refractivity contribution in [2.45, 2.75) is 51.4 Å². The van der Waals surface area contributed by atoms with Crippen molar-refractivity contribution in [2.75, 3.05) is 13.2 Å². The van der Waals surface area contributed by atoms with Gasteiger partial charge in [-0.3, -0.25) is 9.97 Å². The molecule has 3 aromatic heterocycles. The van der Waals surface area contributed by atoms with Crippen LogP contribution >= 0.6 is 12.2 Å². The summed E-state index contributed by atoms with van der Waals surface area (Å²) in [6.45, 7) is 6.86. The molecule has 5 rings (SSSR count). The smallest absolute Gasteiger partial charge is 0.170 e. The third-order valence-corrected chi connectivity index (χ3v) is 7.00. The van der Waals surface area contributed by atoms with E-state index in [2.05, 4.69) is 62.9 Å². The van der Waals surface area contributed by atoms with Gasteiger partial charge >= 0.3 is 0 Å². The van der Waals surface area contributed by atoms with Crippen LogP contribution in [-0.4, -0.2) is 43.8 Å². The Balaban J connectivity index is 1.53. The largest absolute Gasteiger partial charge is 0.376 e. The van der Waals surface area contributed by atoms with Crippen LogP contribution in [0.5, 0.6) is 0 Å². The molecule has 0 aliphatic carbocycles. The van der Waals surface area contributed by atoms with Gasteiger partial charge in [0.1, 0.15) is 0 Å². The van der Waals surface area contributed by atoms with Gasteiger partial charge in [-0.2, -0.15) is 0 Å². The van der Waals surface area contributed by atoms with Crippen LogP contribution in [0.2, 0.25) is 0 Å². The van der Waals surface area contributed by atoms with Crippen LogP contribution in [0.1, 0.15) is 53.1 Å². The second-order valence-corrected chi connectivity index (χ2v) is 9.07. The minimum atomic E-state index is -0.0000201. The number of ether oxygens (including phenoxy) is 1. The van der Waals surface area contributed by atoms with Crippen molar-refractivity contribution in [3.05, 3.63) is 83.2 Å². The molecule has 6 nitrogen and oxygen atoms in total. The van der Waals surface area contributed by atoms with Crippen LogP contribution in [0, 0.1) is 13.8 Å². The lowest BCUT2D eigenvalue weighted by molar-refractivity contribution is 0.0842. The van der Waals surface area contributed by atoms with Gasteiger partial charge in [0.15, 0.2) is 5.11 Å². The molecular formula is C25H29N5OS. The van der Waals surface area contributed by atoms with Gasteiger partial charge in [0.2, 0.25) is 0 Å². The molecular weight excluding hydrogens is 418 g/mol. The van der Waals surface area contributed by atoms with Gasteiger partial charge in [0, 0.05) is 49.7 Å². The zero-order valence-corrected chi connectivity index (χ0v) is 19.4. The second-order valence-electron chi connectivity index (χ2n) is 8.68. The minimum Gasteiger partial charge on any atom is -0.376 e. The summed E-state index contributed by atoms with van der Waals surface area (Å²) in [4.78, 5) is 11.1. The zero-order valence-electron chi connectivity index (χ0n) is 18.6. The van der Waals surface area contributed by atoms with Crippen molar-refractivity contribution in [2.24, 2.45) is 0 Å². The molecule has 0 unspecified atom stereocenters. The van der Waals surface area contributed by atoms with Crippen LogP contribution in [0.3, 0.4) is 0 Å². The number of nitrogens with one attached hydrogen (secondary N) is 1. The number of hydrogen-bond donors (Lipinski definition) is 1. The summed E-state index contributed by atoms with van der Waals surface area (Å²) in [5, 5.41) is 4.35. The van der Waals surface area contributed by atoms with Gasteiger partial charge in [0.25, 0.3) is 0 Å². The minimum absolute atomic E-state index is 0.0000201. The number of aromatic nitrogens is 3. The molecule has 0 spiro atoms. The van der Waals surface area contributed by atoms with Crippen LogP contribution in [-0.2, 0) is 11.3 Å². The number of aryl methyl sites for hydroxylation is 1. The molecule has 1 N–H and O–H groups in total. The highest BCUT2D eigenvalue weighted by atomic mass is 32.1. The van der Waals surface area contributed by atoms with Crippen LogP contribution in [0.25, 0.3) is 0 Å². The molecule has 0 aromatic carbocycles. The second kappa shape index (κ2) is 9.00. The molecule has 3 aromatic rings. The lowest BCUT2D eigenvalue weighted by Crippen LogP contribution is -2.36. The third-order valence-electron chi connectivity index (χ3n) is 6.64. The fourth-order valence-electron chi connectivity index (χ4n) is 4.99. The summed E-state index contributed by atoms with van der Waals surface area (Å²) in [6.07, 6.45) is 7.98. The van der Waals surface area contributed by atoms with Gasteiger partial charge in [-0.15, -0.1) is 0 Å². The van der Waals surface area contributed by atoms with Gasteiger partial charge in [-0.25, -0.2) is 0 Å². The first-order chi connectivity index (χ1) is 15.6. The first-order valence-electron chi connectivity index (χ1n) is 11.3. The zero-order chi connectivity index (χ0) is 22.1. The van der Waals surface area contributed by atoms with Crippen molar-refractivity contribution in [3.8, 4) is 0 Å². The Morgan fingerprint density at radius 1 is 1.16 bits per heavy atom. The molecule has 3 atom stereocenters. The van der Waals surface area contributed by atoms with Crippen LogP contribution in [0.15, 0.2) is 55.0 Å². The number of rotatable bonds is 6. The van der Waals surface area contributed by atoms with E-state index < -0.39 is 0 Å². The van der Waals surface area contributed by atoms with E-state index in [1.54, 1.807) is 0 Å². The fraction of sp³-hybridized carbons (Fsp3) is 0.400. The van der Waals surface area contributed by atoms with Crippen molar-refractivity contribution < 1.29 is 4.74 Å². The van der Waals surface area contributed by atoms with Crippen molar-refractivity contribution in [1.82, 2.24) is 24.8 Å². The molecule has 2 saturated heterocycles. The SMILES string of the molecule is Cc1cc([C@@H]2[C@@H](c3ccccn3)NC(=S)N2C[C@@H]2CCCO2)c(C)n1Cc1ccncc1. The van der Waals surface area contributed by atoms with Gasteiger partial charge in [0.05, 0.1) is 23.9 Å². The predicted molar refractivity (Wildman–Crippen MR) is 128 cm³/mol. The van der Waals surface area contributed by atoms with E-state index in [9.17, 15) is 0 Å². The molecule has 2 aliphatic rings. The molecule has 0 saturated carbocycles. The Morgan fingerprint density at radius 3 is 2.72 bits per heavy atom. The summed E-state index contributed by atoms with van der Waals surface area (Å²) < 4.78 is 8.35. The van der Waals surface area contributed by atoms with Gasteiger partial charge < -0.3 is 19.5 Å². The highest BCUT2D eigenvalue weighted by molar-refractivity contribution is 7.80. The maximum atomic E-state index is 5.97. The third kappa shape index (κ3) is 4.02. The Labute approximate surface area is 194 Å². The van der Waals surface area contributed by atoms with E-state index >= 15 is 0 Å². The summed E-state index contributed by atoms with van der Waals surface area (Å²) in [7, 11) is 0. The lowest BCUT2D eigenvalue weighted by atomic mass is 9.96. The maximum absolute atomic E-state index is 5.97. The average Bonchev–Trinajstić information content (AvgIpc) is 3.51. The molecule has 32 heavy (non-hydrogen) atoms. The number of hydrogen-bond acceptors (Lipinski definition) is 4. The topological polar surface area (TPSA) is 55.2 Å². The maximum Gasteiger partial charge on any atom is 0.170 e. The molecule has 7 heteroatoms. The first kappa shape index (κ1) is 21.1. The lowest BCUT2D eigenvalue weighted by Gasteiger charge is -2.30. The quantitative estimate of drug-likeness (QED) is 0.575. The number of nitrogens with zero attached hydrogens (tertiary/aromatic N) is 4. The predicted octanol–water partition coefficient (Wildman–Crippen LogP) is 4.09. The fourth-order valence-corrected chi connectivity index (χ4v) is 5.30. The molecule has 0 bridgehead atoms. The normalized spacial score (nSPS) is 23.0. The van der Waals surface area contributed by atoms with Gasteiger partial charge in [-0.05, 0) is 80.4 Å². The van der Waals surface area contributed by atoms with E-state index in [4.69, 9.17) is 17.0 Å². The monoisotopic (exact) mass is 447 g/mol. The van der Waals surface area contributed by atoms with Crippen molar-refractivity contribution >= 4 is 17.3 Å². The summed E-state index contributed by atoms with van der Waals surface area (Å²) >= 11 is 5.83. The summed E-state index contributed by atoms with van der Waals surface area (Å²) in [6, 6.07) is 12.6. The molecule has 2 aliphatic heterocycles. The van der Waals surface area contributed by atoms with Crippen molar-refractivity contribution in [1.29, 1.82) is 0 Å². The average molecular weight is 448 g/mol. The highest BCUT2D eigenvalue weighted by Crippen LogP contribution is 2.41. The Hall–Kier alpha value is -2.77. The summed E-state index contributed by atoms with van der Waals surface area (Å²) in [5.74, 6) is 0. The van der Waals surface area contributed by atoms with Crippen molar-refractivity contribution in [3.63, 3.8) is 0 Å². The molecule has 166 valence electrons. The van der Waals surface area contributed by atoms with E-state index in [0.29, 0.717) is 0 Å². The van der Waals surface area contributed by atoms with Crippen LogP contribution in [0.4, 0.5) is 0 Å².